The Hall–Kier alpha value is -1.39. The lowest BCUT2D eigenvalue weighted by atomic mass is 9.99. The fourth-order valence-electron chi connectivity index (χ4n) is 4.77. The predicted molar refractivity (Wildman–Crippen MR) is 122 cm³/mol. The summed E-state index contributed by atoms with van der Waals surface area (Å²) in [6.45, 7) is 7.05. The number of hydrogen-bond acceptors (Lipinski definition) is 3. The highest BCUT2D eigenvalue weighted by atomic mass is 35.5. The normalized spacial score (nSPS) is 22.0. The molecular formula is C25H34ClN3. The Bertz CT molecular complexity index is 725. The second kappa shape index (κ2) is 10.6. The summed E-state index contributed by atoms with van der Waals surface area (Å²) in [5, 5.41) is 4.81. The van der Waals surface area contributed by atoms with Crippen molar-refractivity contribution < 1.29 is 0 Å². The van der Waals surface area contributed by atoms with Crippen molar-refractivity contribution in [2.45, 2.75) is 50.7 Å². The Kier molecular flexibility index (Phi) is 7.61. The van der Waals surface area contributed by atoms with Gasteiger partial charge in [-0.05, 0) is 75.0 Å². The van der Waals surface area contributed by atoms with Crippen LogP contribution in [0.4, 0.5) is 0 Å². The highest BCUT2D eigenvalue weighted by molar-refractivity contribution is 6.30. The Morgan fingerprint density at radius 1 is 0.793 bits per heavy atom. The van der Waals surface area contributed by atoms with Crippen LogP contribution in [-0.4, -0.2) is 54.6 Å². The number of hydrogen-bond donors (Lipinski definition) is 1. The van der Waals surface area contributed by atoms with E-state index in [-0.39, 0.29) is 0 Å². The van der Waals surface area contributed by atoms with Crippen molar-refractivity contribution in [2.24, 2.45) is 0 Å². The molecule has 0 spiro atoms. The summed E-state index contributed by atoms with van der Waals surface area (Å²) in [5.74, 6) is 0. The third-order valence-corrected chi connectivity index (χ3v) is 6.70. The molecule has 0 radical (unpaired) electrons. The smallest absolute Gasteiger partial charge is 0.0406 e. The molecule has 1 atom stereocenters. The number of nitrogens with one attached hydrogen (secondary N) is 1. The third-order valence-electron chi connectivity index (χ3n) is 6.44. The first kappa shape index (κ1) is 20.9. The summed E-state index contributed by atoms with van der Waals surface area (Å²) in [6.07, 6.45) is 6.33. The zero-order valence-corrected chi connectivity index (χ0v) is 18.2. The van der Waals surface area contributed by atoms with Crippen molar-refractivity contribution in [1.29, 1.82) is 0 Å². The molecule has 0 amide bonds. The van der Waals surface area contributed by atoms with Crippen LogP contribution >= 0.6 is 11.6 Å². The van der Waals surface area contributed by atoms with Crippen LogP contribution in [0.1, 0.15) is 36.8 Å². The van der Waals surface area contributed by atoms with Crippen LogP contribution in [0.2, 0.25) is 5.02 Å². The molecule has 2 heterocycles. The molecule has 29 heavy (non-hydrogen) atoms. The Labute approximate surface area is 181 Å². The fraction of sp³-hybridized carbons (Fsp3) is 0.520. The molecule has 4 rings (SSSR count). The number of likely N-dealkylation sites (tertiary alicyclic amines) is 2. The quantitative estimate of drug-likeness (QED) is 0.718. The molecule has 1 unspecified atom stereocenters. The summed E-state index contributed by atoms with van der Waals surface area (Å²) in [4.78, 5) is 5.23. The molecular weight excluding hydrogens is 378 g/mol. The lowest BCUT2D eigenvalue weighted by Crippen LogP contribution is -2.51. The van der Waals surface area contributed by atoms with Crippen LogP contribution in [0.3, 0.4) is 0 Å². The summed E-state index contributed by atoms with van der Waals surface area (Å²) in [5.41, 5.74) is 2.82. The number of halogens is 1. The molecule has 156 valence electrons. The maximum Gasteiger partial charge on any atom is 0.0406 e. The highest BCUT2D eigenvalue weighted by Crippen LogP contribution is 2.18. The van der Waals surface area contributed by atoms with E-state index in [1.807, 2.05) is 12.1 Å². The average molecular weight is 412 g/mol. The second-order valence-electron chi connectivity index (χ2n) is 8.72. The molecule has 0 aromatic heterocycles. The van der Waals surface area contributed by atoms with Crippen molar-refractivity contribution in [3.8, 4) is 0 Å². The van der Waals surface area contributed by atoms with E-state index in [9.17, 15) is 0 Å². The van der Waals surface area contributed by atoms with E-state index in [2.05, 4.69) is 57.6 Å². The summed E-state index contributed by atoms with van der Waals surface area (Å²) in [7, 11) is 0. The lowest BCUT2D eigenvalue weighted by Gasteiger charge is -2.38. The molecule has 2 fully saturated rings. The first-order valence-corrected chi connectivity index (χ1v) is 11.6. The van der Waals surface area contributed by atoms with Gasteiger partial charge in [-0.15, -0.1) is 0 Å². The minimum absolute atomic E-state index is 0.636. The number of nitrogens with zero attached hydrogens (tertiary/aromatic N) is 2. The Morgan fingerprint density at radius 2 is 1.55 bits per heavy atom. The SMILES string of the molecule is Clc1ccc(CN2CCCC(NC3CCN(CCc4ccccc4)CC3)C2)cc1. The van der Waals surface area contributed by atoms with Crippen molar-refractivity contribution in [3.63, 3.8) is 0 Å². The minimum Gasteiger partial charge on any atom is -0.310 e. The largest absolute Gasteiger partial charge is 0.310 e. The van der Waals surface area contributed by atoms with Gasteiger partial charge in [-0.2, -0.15) is 0 Å². The fourth-order valence-corrected chi connectivity index (χ4v) is 4.90. The molecule has 2 aliphatic heterocycles. The van der Waals surface area contributed by atoms with Gasteiger partial charge in [0.15, 0.2) is 0 Å². The number of piperidine rings is 2. The summed E-state index contributed by atoms with van der Waals surface area (Å²) in [6, 6.07) is 20.5. The van der Waals surface area contributed by atoms with Crippen LogP contribution in [0.15, 0.2) is 54.6 Å². The minimum atomic E-state index is 0.636. The second-order valence-corrected chi connectivity index (χ2v) is 9.16. The van der Waals surface area contributed by atoms with Gasteiger partial charge in [-0.25, -0.2) is 0 Å². The standard InChI is InChI=1S/C25H34ClN3/c26-23-10-8-22(9-11-23)19-29-15-4-7-25(20-29)27-24-13-17-28(18-14-24)16-12-21-5-2-1-3-6-21/h1-3,5-6,8-11,24-25,27H,4,7,12-20H2. The molecule has 2 aliphatic rings. The number of benzene rings is 2. The number of rotatable bonds is 7. The topological polar surface area (TPSA) is 18.5 Å². The van der Waals surface area contributed by atoms with Crippen LogP contribution in [-0.2, 0) is 13.0 Å². The zero-order chi connectivity index (χ0) is 19.9. The van der Waals surface area contributed by atoms with Gasteiger partial charge in [-0.3, -0.25) is 4.90 Å². The Balaban J connectivity index is 1.17. The van der Waals surface area contributed by atoms with E-state index in [0.717, 1.165) is 18.1 Å². The van der Waals surface area contributed by atoms with Crippen LogP contribution < -0.4 is 5.32 Å². The van der Waals surface area contributed by atoms with E-state index in [1.165, 1.54) is 69.4 Å². The van der Waals surface area contributed by atoms with E-state index in [1.54, 1.807) is 0 Å². The summed E-state index contributed by atoms with van der Waals surface area (Å²) >= 11 is 6.02. The predicted octanol–water partition coefficient (Wildman–Crippen LogP) is 4.60. The molecule has 2 aromatic rings. The molecule has 3 nitrogen and oxygen atoms in total. The van der Waals surface area contributed by atoms with Crippen molar-refractivity contribution in [1.82, 2.24) is 15.1 Å². The van der Waals surface area contributed by atoms with Gasteiger partial charge in [0.1, 0.15) is 0 Å². The first-order valence-electron chi connectivity index (χ1n) is 11.2. The summed E-state index contributed by atoms with van der Waals surface area (Å²) < 4.78 is 0. The third kappa shape index (κ3) is 6.55. The van der Waals surface area contributed by atoms with E-state index < -0.39 is 0 Å². The van der Waals surface area contributed by atoms with Gasteiger partial charge < -0.3 is 10.2 Å². The maximum atomic E-state index is 6.02. The molecule has 0 saturated carbocycles. The molecule has 0 bridgehead atoms. The average Bonchev–Trinajstić information content (AvgIpc) is 2.76. The van der Waals surface area contributed by atoms with Crippen molar-refractivity contribution in [3.05, 3.63) is 70.7 Å². The molecule has 2 aromatic carbocycles. The monoisotopic (exact) mass is 411 g/mol. The van der Waals surface area contributed by atoms with Crippen LogP contribution in [0, 0.1) is 0 Å². The first-order chi connectivity index (χ1) is 14.2. The van der Waals surface area contributed by atoms with Gasteiger partial charge in [0.25, 0.3) is 0 Å². The molecule has 4 heteroatoms. The van der Waals surface area contributed by atoms with Gasteiger partial charge in [-0.1, -0.05) is 54.1 Å². The molecule has 2 saturated heterocycles. The van der Waals surface area contributed by atoms with E-state index in [0.29, 0.717) is 12.1 Å². The van der Waals surface area contributed by atoms with E-state index in [4.69, 9.17) is 11.6 Å². The van der Waals surface area contributed by atoms with Crippen LogP contribution in [0.5, 0.6) is 0 Å². The molecule has 0 aliphatic carbocycles. The van der Waals surface area contributed by atoms with Crippen molar-refractivity contribution in [2.75, 3.05) is 32.7 Å². The maximum absolute atomic E-state index is 6.02. The van der Waals surface area contributed by atoms with Gasteiger partial charge in [0.2, 0.25) is 0 Å². The van der Waals surface area contributed by atoms with E-state index >= 15 is 0 Å². The van der Waals surface area contributed by atoms with Gasteiger partial charge in [0.05, 0.1) is 0 Å². The molecule has 1 N–H and O–H groups in total. The lowest BCUT2D eigenvalue weighted by molar-refractivity contribution is 0.149. The highest BCUT2D eigenvalue weighted by Gasteiger charge is 2.25. The van der Waals surface area contributed by atoms with Gasteiger partial charge in [0, 0.05) is 36.7 Å². The van der Waals surface area contributed by atoms with Crippen LogP contribution in [0.25, 0.3) is 0 Å². The zero-order valence-electron chi connectivity index (χ0n) is 17.4. The van der Waals surface area contributed by atoms with Crippen molar-refractivity contribution >= 4 is 11.6 Å². The van der Waals surface area contributed by atoms with Gasteiger partial charge >= 0.3 is 0 Å². The Morgan fingerprint density at radius 3 is 2.31 bits per heavy atom.